The maximum Gasteiger partial charge on any atom is 0.242 e. The molecule has 0 saturated heterocycles. The first kappa shape index (κ1) is 14.3. The van der Waals surface area contributed by atoms with Crippen molar-refractivity contribution in [2.24, 2.45) is 0 Å². The van der Waals surface area contributed by atoms with E-state index in [9.17, 15) is 8.42 Å². The summed E-state index contributed by atoms with van der Waals surface area (Å²) in [7, 11) is -3.44. The number of nitrogens with one attached hydrogen (secondary N) is 3. The average molecular weight is 299 g/mol. The van der Waals surface area contributed by atoms with E-state index in [0.717, 1.165) is 17.1 Å². The van der Waals surface area contributed by atoms with E-state index in [1.54, 1.807) is 6.07 Å². The Labute approximate surface area is 117 Å². The van der Waals surface area contributed by atoms with E-state index < -0.39 is 10.0 Å². The number of hydrogen-bond donors (Lipinski definition) is 3. The smallest absolute Gasteiger partial charge is 0.242 e. The molecule has 7 heteroatoms. The fourth-order valence-electron chi connectivity index (χ4n) is 1.60. The van der Waals surface area contributed by atoms with Gasteiger partial charge in [-0.1, -0.05) is 13.0 Å². The molecular formula is C12H17N3O2S2. The van der Waals surface area contributed by atoms with Gasteiger partial charge in [0.1, 0.15) is 0 Å². The fourth-order valence-corrected chi connectivity index (χ4v) is 3.36. The van der Waals surface area contributed by atoms with E-state index in [-0.39, 0.29) is 4.90 Å². The molecule has 5 nitrogen and oxygen atoms in total. The SMILES string of the molecule is CCNCc1cc(S(=O)(=O)NCc2cccs2)c[nH]1. The van der Waals surface area contributed by atoms with Crippen LogP contribution in [0.15, 0.2) is 34.7 Å². The van der Waals surface area contributed by atoms with Crippen LogP contribution >= 0.6 is 11.3 Å². The number of rotatable bonds is 7. The summed E-state index contributed by atoms with van der Waals surface area (Å²) in [5.41, 5.74) is 0.860. The summed E-state index contributed by atoms with van der Waals surface area (Å²) in [6, 6.07) is 5.46. The third kappa shape index (κ3) is 3.90. The van der Waals surface area contributed by atoms with E-state index in [4.69, 9.17) is 0 Å². The Bertz CT molecular complexity index is 603. The fraction of sp³-hybridized carbons (Fsp3) is 0.333. The van der Waals surface area contributed by atoms with Crippen LogP contribution in [-0.4, -0.2) is 19.9 Å². The van der Waals surface area contributed by atoms with Crippen LogP contribution in [0.25, 0.3) is 0 Å². The van der Waals surface area contributed by atoms with E-state index in [1.165, 1.54) is 17.5 Å². The molecule has 2 aromatic heterocycles. The van der Waals surface area contributed by atoms with Crippen LogP contribution < -0.4 is 10.0 Å². The van der Waals surface area contributed by atoms with E-state index >= 15 is 0 Å². The first-order valence-corrected chi connectivity index (χ1v) is 8.38. The number of sulfonamides is 1. The van der Waals surface area contributed by atoms with E-state index in [2.05, 4.69) is 15.0 Å². The second-order valence-corrected chi connectivity index (χ2v) is 6.84. The van der Waals surface area contributed by atoms with Crippen LogP contribution in [0.1, 0.15) is 17.5 Å². The Kier molecular flexibility index (Phi) is 4.76. The molecule has 0 aliphatic heterocycles. The minimum Gasteiger partial charge on any atom is -0.363 e. The van der Waals surface area contributed by atoms with Crippen molar-refractivity contribution in [1.29, 1.82) is 0 Å². The van der Waals surface area contributed by atoms with Gasteiger partial charge in [0.25, 0.3) is 0 Å². The number of H-pyrrole nitrogens is 1. The quantitative estimate of drug-likeness (QED) is 0.728. The summed E-state index contributed by atoms with van der Waals surface area (Å²) in [6.07, 6.45) is 1.52. The van der Waals surface area contributed by atoms with Gasteiger partial charge < -0.3 is 10.3 Å². The van der Waals surface area contributed by atoms with E-state index in [1.807, 2.05) is 24.4 Å². The largest absolute Gasteiger partial charge is 0.363 e. The summed E-state index contributed by atoms with van der Waals surface area (Å²) >= 11 is 1.53. The predicted octanol–water partition coefficient (Wildman–Crippen LogP) is 1.66. The highest BCUT2D eigenvalue weighted by atomic mass is 32.2. The zero-order valence-electron chi connectivity index (χ0n) is 10.6. The second kappa shape index (κ2) is 6.33. The van der Waals surface area contributed by atoms with Crippen molar-refractivity contribution in [1.82, 2.24) is 15.0 Å². The van der Waals surface area contributed by atoms with Gasteiger partial charge in [0.2, 0.25) is 10.0 Å². The molecule has 2 heterocycles. The summed E-state index contributed by atoms with van der Waals surface area (Å²) < 4.78 is 26.7. The van der Waals surface area contributed by atoms with Crippen LogP contribution in [0.5, 0.6) is 0 Å². The van der Waals surface area contributed by atoms with Gasteiger partial charge in [-0.2, -0.15) is 0 Å². The first-order valence-electron chi connectivity index (χ1n) is 6.02. The standard InChI is InChI=1S/C12H17N3O2S2/c1-2-13-7-10-6-12(9-14-10)19(16,17)15-8-11-4-3-5-18-11/h3-6,9,13-15H,2,7-8H2,1H3. The maximum atomic E-state index is 12.1. The number of aromatic amines is 1. The predicted molar refractivity (Wildman–Crippen MR) is 76.5 cm³/mol. The van der Waals surface area contributed by atoms with Gasteiger partial charge in [-0.3, -0.25) is 0 Å². The molecule has 2 aromatic rings. The minimum atomic E-state index is -3.44. The number of thiophene rings is 1. The highest BCUT2D eigenvalue weighted by Gasteiger charge is 2.15. The molecule has 0 aromatic carbocycles. The Morgan fingerprint density at radius 3 is 2.89 bits per heavy atom. The number of aromatic nitrogens is 1. The lowest BCUT2D eigenvalue weighted by Gasteiger charge is -2.02. The minimum absolute atomic E-state index is 0.275. The molecule has 0 amide bonds. The van der Waals surface area contributed by atoms with Gasteiger partial charge >= 0.3 is 0 Å². The van der Waals surface area contributed by atoms with Crippen molar-refractivity contribution in [3.63, 3.8) is 0 Å². The van der Waals surface area contributed by atoms with Crippen molar-refractivity contribution in [3.8, 4) is 0 Å². The third-order valence-electron chi connectivity index (χ3n) is 2.61. The second-order valence-electron chi connectivity index (χ2n) is 4.04. The van der Waals surface area contributed by atoms with Gasteiger partial charge in [-0.25, -0.2) is 13.1 Å². The highest BCUT2D eigenvalue weighted by Crippen LogP contribution is 2.13. The van der Waals surface area contributed by atoms with Crippen molar-refractivity contribution >= 4 is 21.4 Å². The molecule has 3 N–H and O–H groups in total. The van der Waals surface area contributed by atoms with Crippen LogP contribution in [-0.2, 0) is 23.1 Å². The monoisotopic (exact) mass is 299 g/mol. The molecule has 0 atom stereocenters. The molecule has 104 valence electrons. The van der Waals surface area contributed by atoms with Gasteiger partial charge in [0, 0.05) is 29.9 Å². The topological polar surface area (TPSA) is 74.0 Å². The maximum absolute atomic E-state index is 12.1. The van der Waals surface area contributed by atoms with Gasteiger partial charge in [0.15, 0.2) is 0 Å². The summed E-state index contributed by atoms with van der Waals surface area (Å²) in [5, 5.41) is 5.06. The molecule has 19 heavy (non-hydrogen) atoms. The first-order chi connectivity index (χ1) is 9.12. The molecule has 0 fully saturated rings. The normalized spacial score (nSPS) is 11.8. The molecule has 0 aliphatic carbocycles. The highest BCUT2D eigenvalue weighted by molar-refractivity contribution is 7.89. The van der Waals surface area contributed by atoms with Gasteiger partial charge in [-0.05, 0) is 24.1 Å². The number of hydrogen-bond acceptors (Lipinski definition) is 4. The Morgan fingerprint density at radius 1 is 1.37 bits per heavy atom. The molecule has 2 rings (SSSR count). The molecule has 0 unspecified atom stereocenters. The summed E-state index contributed by atoms with van der Waals surface area (Å²) in [6.45, 7) is 3.81. The Hall–Kier alpha value is -1.15. The zero-order chi connectivity index (χ0) is 13.7. The lowest BCUT2D eigenvalue weighted by atomic mass is 10.4. The summed E-state index contributed by atoms with van der Waals surface area (Å²) in [4.78, 5) is 4.23. The van der Waals surface area contributed by atoms with Crippen molar-refractivity contribution in [3.05, 3.63) is 40.3 Å². The Morgan fingerprint density at radius 2 is 2.21 bits per heavy atom. The lowest BCUT2D eigenvalue weighted by Crippen LogP contribution is -2.22. The van der Waals surface area contributed by atoms with Crippen molar-refractivity contribution in [2.45, 2.75) is 24.9 Å². The molecule has 0 saturated carbocycles. The zero-order valence-corrected chi connectivity index (χ0v) is 12.3. The van der Waals surface area contributed by atoms with Crippen molar-refractivity contribution in [2.75, 3.05) is 6.54 Å². The molecule has 0 bridgehead atoms. The third-order valence-corrected chi connectivity index (χ3v) is 4.87. The van der Waals surface area contributed by atoms with Crippen LogP contribution in [0, 0.1) is 0 Å². The summed E-state index contributed by atoms with van der Waals surface area (Å²) in [5.74, 6) is 0. The van der Waals surface area contributed by atoms with E-state index in [0.29, 0.717) is 13.1 Å². The lowest BCUT2D eigenvalue weighted by molar-refractivity contribution is 0.582. The Balaban J connectivity index is 2.00. The van der Waals surface area contributed by atoms with Crippen LogP contribution in [0.4, 0.5) is 0 Å². The van der Waals surface area contributed by atoms with Crippen molar-refractivity contribution < 1.29 is 8.42 Å². The molecule has 0 aliphatic rings. The molecular weight excluding hydrogens is 282 g/mol. The van der Waals surface area contributed by atoms with Crippen LogP contribution in [0.3, 0.4) is 0 Å². The van der Waals surface area contributed by atoms with Crippen LogP contribution in [0.2, 0.25) is 0 Å². The molecule has 0 radical (unpaired) electrons. The van der Waals surface area contributed by atoms with Gasteiger partial charge in [0.05, 0.1) is 4.90 Å². The average Bonchev–Trinajstić information content (AvgIpc) is 3.05. The van der Waals surface area contributed by atoms with Gasteiger partial charge in [-0.15, -0.1) is 11.3 Å². The molecule has 0 spiro atoms.